The predicted molar refractivity (Wildman–Crippen MR) is 65.6 cm³/mol. The van der Waals surface area contributed by atoms with E-state index in [1.54, 1.807) is 6.20 Å². The maximum Gasteiger partial charge on any atom is 0.203 e. The van der Waals surface area contributed by atoms with Crippen molar-refractivity contribution in [2.75, 3.05) is 5.32 Å². The van der Waals surface area contributed by atoms with Gasteiger partial charge >= 0.3 is 0 Å². The molecule has 0 spiro atoms. The van der Waals surface area contributed by atoms with Gasteiger partial charge in [-0.3, -0.25) is 0 Å². The smallest absolute Gasteiger partial charge is 0.203 e. The van der Waals surface area contributed by atoms with Crippen LogP contribution in [0.25, 0.3) is 0 Å². The zero-order valence-electron chi connectivity index (χ0n) is 10.5. The minimum absolute atomic E-state index is 0.596. The highest BCUT2D eigenvalue weighted by atomic mass is 16.5. The first-order chi connectivity index (χ1) is 8.15. The number of aryl methyl sites for hydroxylation is 1. The Morgan fingerprint density at radius 2 is 2.29 bits per heavy atom. The van der Waals surface area contributed by atoms with Crippen molar-refractivity contribution in [1.29, 1.82) is 0 Å². The van der Waals surface area contributed by atoms with Gasteiger partial charge in [0.2, 0.25) is 5.95 Å². The van der Waals surface area contributed by atoms with Crippen molar-refractivity contribution < 1.29 is 4.52 Å². The number of nitrogens with one attached hydrogen (secondary N) is 1. The molecule has 2 aromatic heterocycles. The third-order valence-electron chi connectivity index (χ3n) is 2.38. The van der Waals surface area contributed by atoms with E-state index < -0.39 is 0 Å². The standard InChI is InChI=1S/C12H18N4O/c1-9(2)8-16-5-4-13-12(16)14-7-11-6-10(3)17-15-11/h4-6,9H,7-8H2,1-3H3,(H,13,14). The minimum Gasteiger partial charge on any atom is -0.361 e. The molecule has 0 radical (unpaired) electrons. The molecule has 0 atom stereocenters. The van der Waals surface area contributed by atoms with Crippen LogP contribution in [0.2, 0.25) is 0 Å². The maximum atomic E-state index is 5.01. The summed E-state index contributed by atoms with van der Waals surface area (Å²) in [5, 5.41) is 7.19. The second-order valence-corrected chi connectivity index (χ2v) is 4.58. The van der Waals surface area contributed by atoms with Crippen LogP contribution in [0.15, 0.2) is 23.0 Å². The molecular weight excluding hydrogens is 216 g/mol. The Bertz CT molecular complexity index is 472. The average Bonchev–Trinajstić information content (AvgIpc) is 2.84. The summed E-state index contributed by atoms with van der Waals surface area (Å²) >= 11 is 0. The lowest BCUT2D eigenvalue weighted by atomic mass is 10.2. The van der Waals surface area contributed by atoms with Crippen molar-refractivity contribution in [2.24, 2.45) is 5.92 Å². The Balaban J connectivity index is 1.97. The van der Waals surface area contributed by atoms with Crippen LogP contribution in [0.5, 0.6) is 0 Å². The molecule has 0 unspecified atom stereocenters. The Kier molecular flexibility index (Phi) is 3.46. The van der Waals surface area contributed by atoms with E-state index in [1.807, 2.05) is 19.2 Å². The van der Waals surface area contributed by atoms with E-state index in [9.17, 15) is 0 Å². The fraction of sp³-hybridized carbons (Fsp3) is 0.500. The predicted octanol–water partition coefficient (Wildman–Crippen LogP) is 2.45. The largest absolute Gasteiger partial charge is 0.361 e. The highest BCUT2D eigenvalue weighted by molar-refractivity contribution is 5.27. The lowest BCUT2D eigenvalue weighted by Crippen LogP contribution is -2.10. The van der Waals surface area contributed by atoms with Gasteiger partial charge in [-0.1, -0.05) is 19.0 Å². The second kappa shape index (κ2) is 5.03. The van der Waals surface area contributed by atoms with Crippen LogP contribution in [-0.4, -0.2) is 14.7 Å². The number of hydrogen-bond acceptors (Lipinski definition) is 4. The first-order valence-electron chi connectivity index (χ1n) is 5.82. The van der Waals surface area contributed by atoms with Gasteiger partial charge in [-0.15, -0.1) is 0 Å². The van der Waals surface area contributed by atoms with Crippen LogP contribution < -0.4 is 5.32 Å². The third kappa shape index (κ3) is 3.09. The molecule has 0 aromatic carbocycles. The molecule has 0 aliphatic rings. The summed E-state index contributed by atoms with van der Waals surface area (Å²) in [6, 6.07) is 1.92. The van der Waals surface area contributed by atoms with Crippen LogP contribution in [0.3, 0.4) is 0 Å². The monoisotopic (exact) mass is 234 g/mol. The van der Waals surface area contributed by atoms with E-state index in [-0.39, 0.29) is 0 Å². The highest BCUT2D eigenvalue weighted by Gasteiger charge is 2.05. The highest BCUT2D eigenvalue weighted by Crippen LogP contribution is 2.10. The Labute approximate surface area is 101 Å². The second-order valence-electron chi connectivity index (χ2n) is 4.58. The summed E-state index contributed by atoms with van der Waals surface area (Å²) in [4.78, 5) is 4.28. The number of hydrogen-bond donors (Lipinski definition) is 1. The lowest BCUT2D eigenvalue weighted by Gasteiger charge is -2.10. The van der Waals surface area contributed by atoms with Crippen molar-refractivity contribution in [2.45, 2.75) is 33.9 Å². The Morgan fingerprint density at radius 3 is 2.94 bits per heavy atom. The van der Waals surface area contributed by atoms with E-state index in [0.717, 1.165) is 23.9 Å². The van der Waals surface area contributed by atoms with Crippen LogP contribution in [0.4, 0.5) is 5.95 Å². The molecule has 1 N–H and O–H groups in total. The van der Waals surface area contributed by atoms with E-state index in [2.05, 4.69) is 33.9 Å². The maximum absolute atomic E-state index is 5.01. The summed E-state index contributed by atoms with van der Waals surface area (Å²) in [6.45, 7) is 7.85. The molecule has 0 fully saturated rings. The van der Waals surface area contributed by atoms with Gasteiger partial charge in [0.1, 0.15) is 11.5 Å². The molecule has 2 heterocycles. The van der Waals surface area contributed by atoms with Crippen LogP contribution in [0.1, 0.15) is 25.3 Å². The van der Waals surface area contributed by atoms with Gasteiger partial charge in [-0.2, -0.15) is 0 Å². The van der Waals surface area contributed by atoms with E-state index in [0.29, 0.717) is 12.5 Å². The molecule has 5 nitrogen and oxygen atoms in total. The summed E-state index contributed by atoms with van der Waals surface area (Å²) in [7, 11) is 0. The summed E-state index contributed by atoms with van der Waals surface area (Å²) in [5.74, 6) is 2.30. The molecular formula is C12H18N4O. The molecule has 0 aliphatic heterocycles. The summed E-state index contributed by atoms with van der Waals surface area (Å²) in [5.41, 5.74) is 0.890. The molecule has 0 bridgehead atoms. The Hall–Kier alpha value is -1.78. The number of anilines is 1. The van der Waals surface area contributed by atoms with E-state index in [1.165, 1.54) is 0 Å². The number of nitrogens with zero attached hydrogens (tertiary/aromatic N) is 3. The molecule has 92 valence electrons. The Morgan fingerprint density at radius 1 is 1.47 bits per heavy atom. The van der Waals surface area contributed by atoms with Crippen LogP contribution in [-0.2, 0) is 13.1 Å². The fourth-order valence-corrected chi connectivity index (χ4v) is 1.69. The van der Waals surface area contributed by atoms with Crippen molar-refractivity contribution >= 4 is 5.95 Å². The van der Waals surface area contributed by atoms with Gasteiger partial charge < -0.3 is 14.4 Å². The fourth-order valence-electron chi connectivity index (χ4n) is 1.69. The SMILES string of the molecule is Cc1cc(CNc2nccn2CC(C)C)no1. The molecule has 17 heavy (non-hydrogen) atoms. The topological polar surface area (TPSA) is 55.9 Å². The van der Waals surface area contributed by atoms with Crippen molar-refractivity contribution in [3.05, 3.63) is 29.9 Å². The van der Waals surface area contributed by atoms with Gasteiger partial charge in [-0.25, -0.2) is 4.98 Å². The van der Waals surface area contributed by atoms with Gasteiger partial charge in [0.05, 0.1) is 6.54 Å². The zero-order valence-corrected chi connectivity index (χ0v) is 10.5. The molecule has 0 saturated carbocycles. The first kappa shape index (κ1) is 11.7. The first-order valence-corrected chi connectivity index (χ1v) is 5.82. The van der Waals surface area contributed by atoms with Gasteiger partial charge in [0.15, 0.2) is 0 Å². The molecule has 0 saturated heterocycles. The number of imidazole rings is 1. The third-order valence-corrected chi connectivity index (χ3v) is 2.38. The number of aromatic nitrogens is 3. The van der Waals surface area contributed by atoms with E-state index in [4.69, 9.17) is 4.52 Å². The molecule has 5 heteroatoms. The quantitative estimate of drug-likeness (QED) is 0.863. The van der Waals surface area contributed by atoms with Crippen LogP contribution in [0, 0.1) is 12.8 Å². The zero-order chi connectivity index (χ0) is 12.3. The van der Waals surface area contributed by atoms with Crippen LogP contribution >= 0.6 is 0 Å². The normalized spacial score (nSPS) is 11.1. The number of rotatable bonds is 5. The van der Waals surface area contributed by atoms with Gasteiger partial charge in [0, 0.05) is 25.0 Å². The van der Waals surface area contributed by atoms with Crippen molar-refractivity contribution in [3.63, 3.8) is 0 Å². The summed E-state index contributed by atoms with van der Waals surface area (Å²) in [6.07, 6.45) is 3.79. The van der Waals surface area contributed by atoms with E-state index >= 15 is 0 Å². The lowest BCUT2D eigenvalue weighted by molar-refractivity contribution is 0.391. The molecule has 2 rings (SSSR count). The van der Waals surface area contributed by atoms with Gasteiger partial charge in [0.25, 0.3) is 0 Å². The van der Waals surface area contributed by atoms with Crippen molar-refractivity contribution in [1.82, 2.24) is 14.7 Å². The minimum atomic E-state index is 0.596. The molecule has 2 aromatic rings. The average molecular weight is 234 g/mol. The molecule has 0 aliphatic carbocycles. The van der Waals surface area contributed by atoms with Gasteiger partial charge in [-0.05, 0) is 12.8 Å². The van der Waals surface area contributed by atoms with Crippen molar-refractivity contribution in [3.8, 4) is 0 Å². The molecule has 0 amide bonds. The summed E-state index contributed by atoms with van der Waals surface area (Å²) < 4.78 is 7.12.